The molecule has 1 aromatic carbocycles. The smallest absolute Gasteiger partial charge is 0.231 e. The molecule has 1 saturated heterocycles. The van der Waals surface area contributed by atoms with E-state index in [1.54, 1.807) is 11.8 Å². The van der Waals surface area contributed by atoms with Crippen LogP contribution in [0.5, 0.6) is 0 Å². The number of anilines is 2. The van der Waals surface area contributed by atoms with Gasteiger partial charge in [-0.3, -0.25) is 0 Å². The van der Waals surface area contributed by atoms with Gasteiger partial charge in [0.15, 0.2) is 5.16 Å². The van der Waals surface area contributed by atoms with Crippen LogP contribution in [0.2, 0.25) is 0 Å². The monoisotopic (exact) mass is 301 g/mol. The highest BCUT2D eigenvalue weighted by Gasteiger charge is 2.17. The van der Waals surface area contributed by atoms with Crippen LogP contribution >= 0.6 is 11.8 Å². The Morgan fingerprint density at radius 2 is 1.86 bits per heavy atom. The van der Waals surface area contributed by atoms with Crippen LogP contribution in [-0.4, -0.2) is 34.6 Å². The molecule has 6 heteroatoms. The molecule has 0 aliphatic carbocycles. The molecule has 1 aliphatic rings. The van der Waals surface area contributed by atoms with E-state index in [1.807, 2.05) is 25.1 Å². The topological polar surface area (TPSA) is 53.9 Å². The Labute approximate surface area is 129 Å². The molecule has 0 atom stereocenters. The SMILES string of the molecule is CCNc1nc(Sc2ccccc2)nc(N2CCCC2)n1. The summed E-state index contributed by atoms with van der Waals surface area (Å²) in [4.78, 5) is 17.0. The number of hydrogen-bond acceptors (Lipinski definition) is 6. The van der Waals surface area contributed by atoms with E-state index in [1.165, 1.54) is 12.8 Å². The summed E-state index contributed by atoms with van der Waals surface area (Å²) in [5.74, 6) is 1.45. The highest BCUT2D eigenvalue weighted by atomic mass is 32.2. The third-order valence-corrected chi connectivity index (χ3v) is 4.15. The first-order valence-corrected chi connectivity index (χ1v) is 8.14. The number of nitrogens with zero attached hydrogens (tertiary/aromatic N) is 4. The highest BCUT2D eigenvalue weighted by Crippen LogP contribution is 2.27. The van der Waals surface area contributed by atoms with E-state index < -0.39 is 0 Å². The van der Waals surface area contributed by atoms with E-state index in [0.29, 0.717) is 5.95 Å². The number of aromatic nitrogens is 3. The van der Waals surface area contributed by atoms with E-state index in [-0.39, 0.29) is 0 Å². The molecular formula is C15H19N5S. The Balaban J connectivity index is 1.87. The second-order valence-electron chi connectivity index (χ2n) is 4.88. The lowest BCUT2D eigenvalue weighted by atomic mass is 10.4. The molecule has 1 aliphatic heterocycles. The third kappa shape index (κ3) is 3.64. The van der Waals surface area contributed by atoms with Gasteiger partial charge < -0.3 is 10.2 Å². The molecule has 0 saturated carbocycles. The van der Waals surface area contributed by atoms with Gasteiger partial charge in [-0.2, -0.15) is 15.0 Å². The van der Waals surface area contributed by atoms with Crippen molar-refractivity contribution in [3.8, 4) is 0 Å². The molecular weight excluding hydrogens is 282 g/mol. The van der Waals surface area contributed by atoms with Gasteiger partial charge in [0.05, 0.1) is 0 Å². The lowest BCUT2D eigenvalue weighted by Gasteiger charge is -2.16. The maximum absolute atomic E-state index is 4.62. The Hall–Kier alpha value is -1.82. The number of nitrogens with one attached hydrogen (secondary N) is 1. The maximum atomic E-state index is 4.62. The standard InChI is InChI=1S/C15H19N5S/c1-2-16-13-17-14(20-10-6-7-11-20)19-15(18-13)21-12-8-4-3-5-9-12/h3-5,8-9H,2,6-7,10-11H2,1H3,(H,16,17,18,19). The Kier molecular flexibility index (Phi) is 4.55. The van der Waals surface area contributed by atoms with Crippen LogP contribution in [-0.2, 0) is 0 Å². The summed E-state index contributed by atoms with van der Waals surface area (Å²) in [6.07, 6.45) is 2.42. The Bertz CT molecular complexity index is 584. The lowest BCUT2D eigenvalue weighted by molar-refractivity contribution is 0.826. The fourth-order valence-corrected chi connectivity index (χ4v) is 3.04. The second-order valence-corrected chi connectivity index (χ2v) is 5.92. The Morgan fingerprint density at radius 3 is 2.57 bits per heavy atom. The second kappa shape index (κ2) is 6.76. The number of hydrogen-bond donors (Lipinski definition) is 1. The predicted molar refractivity (Wildman–Crippen MR) is 86.0 cm³/mol. The van der Waals surface area contributed by atoms with Crippen LogP contribution in [0.4, 0.5) is 11.9 Å². The van der Waals surface area contributed by atoms with Crippen molar-refractivity contribution in [1.82, 2.24) is 15.0 Å². The van der Waals surface area contributed by atoms with E-state index in [4.69, 9.17) is 0 Å². The van der Waals surface area contributed by atoms with Gasteiger partial charge in [-0.05, 0) is 43.7 Å². The Morgan fingerprint density at radius 1 is 1.10 bits per heavy atom. The molecule has 3 rings (SSSR count). The van der Waals surface area contributed by atoms with Crippen molar-refractivity contribution in [2.45, 2.75) is 29.8 Å². The minimum Gasteiger partial charge on any atom is -0.354 e. The summed E-state index contributed by atoms with van der Waals surface area (Å²) in [5.41, 5.74) is 0. The first-order valence-electron chi connectivity index (χ1n) is 7.33. The summed E-state index contributed by atoms with van der Waals surface area (Å²) in [6, 6.07) is 10.2. The molecule has 2 aromatic rings. The van der Waals surface area contributed by atoms with Crippen molar-refractivity contribution in [2.75, 3.05) is 29.9 Å². The molecule has 0 unspecified atom stereocenters. The largest absolute Gasteiger partial charge is 0.354 e. The number of rotatable bonds is 5. The normalized spacial score (nSPS) is 14.4. The van der Waals surface area contributed by atoms with Crippen LogP contribution in [0, 0.1) is 0 Å². The molecule has 2 heterocycles. The molecule has 1 aromatic heterocycles. The van der Waals surface area contributed by atoms with E-state index in [2.05, 4.69) is 37.3 Å². The molecule has 0 amide bonds. The van der Waals surface area contributed by atoms with Gasteiger partial charge >= 0.3 is 0 Å². The quantitative estimate of drug-likeness (QED) is 0.916. The average Bonchev–Trinajstić information content (AvgIpc) is 3.03. The zero-order chi connectivity index (χ0) is 14.5. The zero-order valence-corrected chi connectivity index (χ0v) is 12.9. The molecule has 0 radical (unpaired) electrons. The molecule has 5 nitrogen and oxygen atoms in total. The first-order chi connectivity index (χ1) is 10.3. The van der Waals surface area contributed by atoms with Crippen molar-refractivity contribution in [3.05, 3.63) is 30.3 Å². The summed E-state index contributed by atoms with van der Waals surface area (Å²) >= 11 is 1.57. The van der Waals surface area contributed by atoms with Gasteiger partial charge in [0, 0.05) is 24.5 Å². The molecule has 21 heavy (non-hydrogen) atoms. The van der Waals surface area contributed by atoms with E-state index >= 15 is 0 Å². The number of benzene rings is 1. The zero-order valence-electron chi connectivity index (χ0n) is 12.1. The molecule has 110 valence electrons. The van der Waals surface area contributed by atoms with Crippen LogP contribution in [0.3, 0.4) is 0 Å². The van der Waals surface area contributed by atoms with Crippen molar-refractivity contribution < 1.29 is 0 Å². The summed E-state index contributed by atoms with van der Waals surface area (Å²) in [6.45, 7) is 4.91. The van der Waals surface area contributed by atoms with Crippen molar-refractivity contribution in [2.24, 2.45) is 0 Å². The van der Waals surface area contributed by atoms with E-state index in [0.717, 1.165) is 35.6 Å². The van der Waals surface area contributed by atoms with Gasteiger partial charge in [-0.1, -0.05) is 18.2 Å². The van der Waals surface area contributed by atoms with Gasteiger partial charge in [-0.15, -0.1) is 0 Å². The van der Waals surface area contributed by atoms with Crippen molar-refractivity contribution in [3.63, 3.8) is 0 Å². The molecule has 1 fully saturated rings. The first kappa shape index (κ1) is 14.1. The average molecular weight is 301 g/mol. The lowest BCUT2D eigenvalue weighted by Crippen LogP contribution is -2.21. The van der Waals surface area contributed by atoms with Crippen LogP contribution in [0.25, 0.3) is 0 Å². The maximum Gasteiger partial charge on any atom is 0.231 e. The van der Waals surface area contributed by atoms with Gasteiger partial charge in [-0.25, -0.2) is 0 Å². The molecule has 0 bridgehead atoms. The molecule has 1 N–H and O–H groups in total. The van der Waals surface area contributed by atoms with Crippen LogP contribution < -0.4 is 10.2 Å². The fraction of sp³-hybridized carbons (Fsp3) is 0.400. The van der Waals surface area contributed by atoms with Crippen molar-refractivity contribution in [1.29, 1.82) is 0 Å². The van der Waals surface area contributed by atoms with Gasteiger partial charge in [0.1, 0.15) is 0 Å². The van der Waals surface area contributed by atoms with Crippen LogP contribution in [0.1, 0.15) is 19.8 Å². The molecule has 0 spiro atoms. The minimum absolute atomic E-state index is 0.660. The van der Waals surface area contributed by atoms with Gasteiger partial charge in [0.25, 0.3) is 0 Å². The third-order valence-electron chi connectivity index (χ3n) is 3.28. The highest BCUT2D eigenvalue weighted by molar-refractivity contribution is 7.99. The summed E-state index contributed by atoms with van der Waals surface area (Å²) in [7, 11) is 0. The summed E-state index contributed by atoms with van der Waals surface area (Å²) < 4.78 is 0. The summed E-state index contributed by atoms with van der Waals surface area (Å²) in [5, 5.41) is 3.94. The predicted octanol–water partition coefficient (Wildman–Crippen LogP) is 3.05. The van der Waals surface area contributed by atoms with E-state index in [9.17, 15) is 0 Å². The van der Waals surface area contributed by atoms with Crippen molar-refractivity contribution >= 4 is 23.7 Å². The van der Waals surface area contributed by atoms with Gasteiger partial charge in [0.2, 0.25) is 11.9 Å². The fourth-order valence-electron chi connectivity index (χ4n) is 2.28. The van der Waals surface area contributed by atoms with Crippen LogP contribution in [0.15, 0.2) is 40.4 Å². The minimum atomic E-state index is 0.660.